The minimum absolute atomic E-state index is 0.460. The van der Waals surface area contributed by atoms with E-state index in [2.05, 4.69) is 162 Å². The van der Waals surface area contributed by atoms with Gasteiger partial charge in [0.2, 0.25) is 6.67 Å². The van der Waals surface area contributed by atoms with E-state index in [1.54, 1.807) is 0 Å². The first-order chi connectivity index (χ1) is 16.5. The van der Waals surface area contributed by atoms with Crippen LogP contribution in [0.1, 0.15) is 108 Å². The summed E-state index contributed by atoms with van der Waals surface area (Å²) in [6.07, 6.45) is 4.32. The van der Waals surface area contributed by atoms with Crippen molar-refractivity contribution in [2.45, 2.75) is 86.0 Å². The second-order valence-corrected chi connectivity index (χ2v) is 10.3. The second kappa shape index (κ2) is 15.1. The molecule has 3 rings (SSSR count). The van der Waals surface area contributed by atoms with Crippen LogP contribution in [0.5, 0.6) is 0 Å². The SMILES string of the molecule is CC(C)c1cccc(C(C)C)c1N1[C]N(c2c(C(C)C)cccc2C(C)C)C=C1.[CH2][C]([CH2])C.[Cl][Pd+]. The molecule has 0 saturated carbocycles. The van der Waals surface area contributed by atoms with Crippen molar-refractivity contribution in [3.63, 3.8) is 0 Å². The van der Waals surface area contributed by atoms with Crippen LogP contribution >= 0.6 is 9.53 Å². The van der Waals surface area contributed by atoms with E-state index in [1.165, 1.54) is 33.6 Å². The Kier molecular flexibility index (Phi) is 13.7. The molecule has 0 saturated heterocycles. The van der Waals surface area contributed by atoms with Gasteiger partial charge in [0, 0.05) is 12.4 Å². The maximum atomic E-state index is 4.49. The molecule has 0 unspecified atom stereocenters. The fraction of sp³-hybridized carbons (Fsp3) is 0.419. The number of nitrogens with zero attached hydrogens (tertiary/aromatic N) is 2. The van der Waals surface area contributed by atoms with Crippen molar-refractivity contribution in [2.75, 3.05) is 9.80 Å². The molecule has 0 N–H and O–H groups in total. The van der Waals surface area contributed by atoms with Gasteiger partial charge in [-0.25, -0.2) is 0 Å². The molecule has 2 aromatic rings. The van der Waals surface area contributed by atoms with Crippen molar-refractivity contribution in [1.29, 1.82) is 0 Å². The number of benzene rings is 2. The molecular formula is C31H43ClN2Pd+. The van der Waals surface area contributed by atoms with Gasteiger partial charge in [0.1, 0.15) is 0 Å². The molecule has 0 atom stereocenters. The standard InChI is InChI=1S/C27H36N2.C4H7.ClH.Pd/c1-18(2)22-11-9-12-23(19(3)4)26(22)28-15-16-29(17-28)27-24(20(5)6)13-10-14-25(27)21(7)8;1-4(2)3;;/h9-16,18-21H,1-8H3;1-2H2,3H3;1H;/q;;;+2/p-1. The van der Waals surface area contributed by atoms with Gasteiger partial charge < -0.3 is 9.80 Å². The van der Waals surface area contributed by atoms with Crippen LogP contribution in [0.25, 0.3) is 0 Å². The predicted octanol–water partition coefficient (Wildman–Crippen LogP) is 9.91. The van der Waals surface area contributed by atoms with Gasteiger partial charge >= 0.3 is 27.7 Å². The topological polar surface area (TPSA) is 6.48 Å². The molecule has 1 aliphatic rings. The summed E-state index contributed by atoms with van der Waals surface area (Å²) >= 11 is 2.22. The average Bonchev–Trinajstić information content (AvgIpc) is 3.28. The predicted molar refractivity (Wildman–Crippen MR) is 152 cm³/mol. The molecule has 2 aromatic carbocycles. The van der Waals surface area contributed by atoms with E-state index < -0.39 is 0 Å². The van der Waals surface area contributed by atoms with Gasteiger partial charge in [-0.1, -0.05) is 98.7 Å². The van der Waals surface area contributed by atoms with Crippen molar-refractivity contribution < 1.29 is 18.2 Å². The van der Waals surface area contributed by atoms with Gasteiger partial charge in [-0.05, 0) is 65.7 Å². The third-order valence-corrected chi connectivity index (χ3v) is 5.75. The van der Waals surface area contributed by atoms with E-state index in [0.717, 1.165) is 5.92 Å². The van der Waals surface area contributed by atoms with Crippen LogP contribution in [0.4, 0.5) is 11.4 Å². The van der Waals surface area contributed by atoms with Crippen LogP contribution < -0.4 is 9.80 Å². The Bertz CT molecular complexity index is 805. The molecule has 0 spiro atoms. The van der Waals surface area contributed by atoms with E-state index in [9.17, 15) is 0 Å². The summed E-state index contributed by atoms with van der Waals surface area (Å²) < 4.78 is 0. The summed E-state index contributed by atoms with van der Waals surface area (Å²) in [5.41, 5.74) is 8.05. The van der Waals surface area contributed by atoms with Crippen molar-refractivity contribution in [1.82, 2.24) is 0 Å². The first-order valence-electron chi connectivity index (χ1n) is 12.3. The van der Waals surface area contributed by atoms with E-state index >= 15 is 0 Å². The summed E-state index contributed by atoms with van der Waals surface area (Å²) in [5, 5.41) is 0. The van der Waals surface area contributed by atoms with Gasteiger partial charge in [0.25, 0.3) is 0 Å². The zero-order valence-electron chi connectivity index (χ0n) is 22.9. The van der Waals surface area contributed by atoms with Crippen LogP contribution in [0.15, 0.2) is 48.8 Å². The van der Waals surface area contributed by atoms with E-state index in [0.29, 0.717) is 23.7 Å². The van der Waals surface area contributed by atoms with E-state index in [-0.39, 0.29) is 0 Å². The Labute approximate surface area is 231 Å². The van der Waals surface area contributed by atoms with Gasteiger partial charge in [0.15, 0.2) is 0 Å². The zero-order valence-corrected chi connectivity index (χ0v) is 25.2. The molecule has 193 valence electrons. The Morgan fingerprint density at radius 3 is 1.09 bits per heavy atom. The van der Waals surface area contributed by atoms with E-state index in [4.69, 9.17) is 0 Å². The molecule has 0 bridgehead atoms. The first kappa shape index (κ1) is 31.8. The first-order valence-corrected chi connectivity index (χ1v) is 14.3. The molecule has 2 nitrogen and oxygen atoms in total. The molecule has 0 aromatic heterocycles. The maximum absolute atomic E-state index is 4.49. The number of anilines is 2. The van der Waals surface area contributed by atoms with Gasteiger partial charge in [-0.15, -0.1) is 0 Å². The molecule has 35 heavy (non-hydrogen) atoms. The van der Waals surface area contributed by atoms with Crippen molar-refractivity contribution in [3.05, 3.63) is 97.5 Å². The van der Waals surface area contributed by atoms with Crippen LogP contribution in [0.3, 0.4) is 0 Å². The quantitative estimate of drug-likeness (QED) is 0.312. The summed E-state index contributed by atoms with van der Waals surface area (Å²) in [5.74, 6) is 2.76. The summed E-state index contributed by atoms with van der Waals surface area (Å²) in [4.78, 5) is 4.40. The summed E-state index contributed by atoms with van der Waals surface area (Å²) in [6.45, 7) is 30.6. The van der Waals surface area contributed by atoms with Crippen LogP contribution in [0.2, 0.25) is 0 Å². The van der Waals surface area contributed by atoms with Crippen LogP contribution in [-0.2, 0) is 18.2 Å². The monoisotopic (exact) mass is 584 g/mol. The average molecular weight is 586 g/mol. The second-order valence-electron chi connectivity index (χ2n) is 10.3. The van der Waals surface area contributed by atoms with Crippen LogP contribution in [-0.4, -0.2) is 0 Å². The van der Waals surface area contributed by atoms with Crippen molar-refractivity contribution in [3.8, 4) is 0 Å². The van der Waals surface area contributed by atoms with Crippen molar-refractivity contribution >= 4 is 20.9 Å². The third-order valence-electron chi connectivity index (χ3n) is 5.75. The minimum atomic E-state index is 0.460. The fourth-order valence-electron chi connectivity index (χ4n) is 4.14. The molecule has 5 radical (unpaired) electrons. The molecule has 4 heteroatoms. The third kappa shape index (κ3) is 8.66. The molecule has 0 aliphatic carbocycles. The number of hydrogen-bond donors (Lipinski definition) is 0. The number of rotatable bonds is 6. The summed E-state index contributed by atoms with van der Waals surface area (Å²) in [7, 11) is 4.49. The number of hydrogen-bond acceptors (Lipinski definition) is 2. The molecule has 0 amide bonds. The van der Waals surface area contributed by atoms with Gasteiger partial charge in [-0.2, -0.15) is 0 Å². The molecule has 1 heterocycles. The molecule has 0 fully saturated rings. The number of halogens is 1. The Morgan fingerprint density at radius 1 is 0.657 bits per heavy atom. The fourth-order valence-corrected chi connectivity index (χ4v) is 4.14. The number of para-hydroxylation sites is 2. The Balaban J connectivity index is 0.000000926. The Hall–Kier alpha value is -1.27. The van der Waals surface area contributed by atoms with Crippen LogP contribution in [0, 0.1) is 26.4 Å². The molecular weight excluding hydrogens is 542 g/mol. The zero-order chi connectivity index (χ0) is 26.9. The summed E-state index contributed by atoms with van der Waals surface area (Å²) in [6, 6.07) is 13.4. The normalized spacial score (nSPS) is 13.1. The van der Waals surface area contributed by atoms with Gasteiger partial charge in [0.05, 0.1) is 11.4 Å². The van der Waals surface area contributed by atoms with Crippen molar-refractivity contribution in [2.24, 2.45) is 0 Å². The Morgan fingerprint density at radius 2 is 0.886 bits per heavy atom. The van der Waals surface area contributed by atoms with E-state index in [1.807, 2.05) is 6.92 Å². The molecule has 1 aliphatic heterocycles. The van der Waals surface area contributed by atoms with Gasteiger partial charge in [-0.3, -0.25) is 0 Å².